The molecular formula is C16H21BrN4. The third kappa shape index (κ3) is 2.62. The standard InChI is InChI=1S/C16H21BrN4/c17-11-3-4-13-14(10-11)20-16(19-13)15-2-1-9-21(15)12-5-7-18-8-6-12/h3-4,10,12,15,18H,1-2,5-9H2,(H,19,20). The summed E-state index contributed by atoms with van der Waals surface area (Å²) in [6.45, 7) is 3.53. The fraction of sp³-hybridized carbons (Fsp3) is 0.562. The predicted molar refractivity (Wildman–Crippen MR) is 88.4 cm³/mol. The minimum Gasteiger partial charge on any atom is -0.341 e. The van der Waals surface area contributed by atoms with Gasteiger partial charge in [0.1, 0.15) is 5.82 Å². The number of halogens is 1. The molecule has 1 atom stereocenters. The van der Waals surface area contributed by atoms with Crippen molar-refractivity contribution < 1.29 is 0 Å². The van der Waals surface area contributed by atoms with Crippen molar-refractivity contribution >= 4 is 27.0 Å². The normalized spacial score (nSPS) is 24.9. The minimum atomic E-state index is 0.472. The van der Waals surface area contributed by atoms with E-state index in [1.54, 1.807) is 0 Å². The molecule has 0 aliphatic carbocycles. The van der Waals surface area contributed by atoms with E-state index < -0.39 is 0 Å². The molecule has 3 heterocycles. The van der Waals surface area contributed by atoms with E-state index in [1.807, 2.05) is 0 Å². The second-order valence-electron chi connectivity index (χ2n) is 6.16. The molecule has 0 amide bonds. The Balaban J connectivity index is 1.63. The number of hydrogen-bond acceptors (Lipinski definition) is 3. The summed E-state index contributed by atoms with van der Waals surface area (Å²) in [5.41, 5.74) is 2.21. The van der Waals surface area contributed by atoms with Crippen LogP contribution in [0.25, 0.3) is 11.0 Å². The lowest BCUT2D eigenvalue weighted by molar-refractivity contribution is 0.144. The van der Waals surface area contributed by atoms with E-state index in [0.29, 0.717) is 6.04 Å². The number of benzene rings is 1. The van der Waals surface area contributed by atoms with Gasteiger partial charge in [-0.1, -0.05) is 15.9 Å². The summed E-state index contributed by atoms with van der Waals surface area (Å²) in [6.07, 6.45) is 5.05. The molecule has 0 bridgehead atoms. The van der Waals surface area contributed by atoms with Gasteiger partial charge in [0.25, 0.3) is 0 Å². The van der Waals surface area contributed by atoms with E-state index >= 15 is 0 Å². The number of aromatic nitrogens is 2. The molecule has 2 saturated heterocycles. The van der Waals surface area contributed by atoms with Crippen LogP contribution in [0, 0.1) is 0 Å². The van der Waals surface area contributed by atoms with Crippen molar-refractivity contribution in [2.75, 3.05) is 19.6 Å². The van der Waals surface area contributed by atoms with Gasteiger partial charge in [-0.2, -0.15) is 0 Å². The number of H-pyrrole nitrogens is 1. The van der Waals surface area contributed by atoms with Gasteiger partial charge < -0.3 is 10.3 Å². The quantitative estimate of drug-likeness (QED) is 0.875. The van der Waals surface area contributed by atoms with Gasteiger partial charge in [0.05, 0.1) is 17.1 Å². The van der Waals surface area contributed by atoms with E-state index in [9.17, 15) is 0 Å². The molecule has 21 heavy (non-hydrogen) atoms. The number of likely N-dealkylation sites (tertiary alicyclic amines) is 1. The maximum atomic E-state index is 4.85. The van der Waals surface area contributed by atoms with Gasteiger partial charge in [0, 0.05) is 10.5 Å². The summed E-state index contributed by atoms with van der Waals surface area (Å²) in [6, 6.07) is 7.46. The van der Waals surface area contributed by atoms with Crippen molar-refractivity contribution in [3.63, 3.8) is 0 Å². The molecule has 2 fully saturated rings. The molecule has 5 heteroatoms. The first kappa shape index (κ1) is 13.7. The van der Waals surface area contributed by atoms with Crippen molar-refractivity contribution in [2.24, 2.45) is 0 Å². The molecule has 2 aliphatic rings. The van der Waals surface area contributed by atoms with Gasteiger partial charge in [0.15, 0.2) is 0 Å². The van der Waals surface area contributed by atoms with Crippen LogP contribution in [0.3, 0.4) is 0 Å². The van der Waals surface area contributed by atoms with Crippen LogP contribution in [-0.2, 0) is 0 Å². The van der Waals surface area contributed by atoms with E-state index in [0.717, 1.165) is 40.5 Å². The fourth-order valence-corrected chi connectivity index (χ4v) is 4.18. The topological polar surface area (TPSA) is 44.0 Å². The first-order valence-electron chi connectivity index (χ1n) is 7.93. The molecule has 0 saturated carbocycles. The summed E-state index contributed by atoms with van der Waals surface area (Å²) >= 11 is 3.53. The Morgan fingerprint density at radius 3 is 2.90 bits per heavy atom. The van der Waals surface area contributed by atoms with Crippen LogP contribution in [0.2, 0.25) is 0 Å². The molecule has 2 aliphatic heterocycles. The minimum absolute atomic E-state index is 0.472. The van der Waals surface area contributed by atoms with Gasteiger partial charge in [-0.15, -0.1) is 0 Å². The highest BCUT2D eigenvalue weighted by atomic mass is 79.9. The summed E-state index contributed by atoms with van der Waals surface area (Å²) in [5.74, 6) is 1.15. The molecular weight excluding hydrogens is 328 g/mol. The molecule has 1 unspecified atom stereocenters. The van der Waals surface area contributed by atoms with E-state index in [1.165, 1.54) is 32.2 Å². The molecule has 4 nitrogen and oxygen atoms in total. The molecule has 4 rings (SSSR count). The summed E-state index contributed by atoms with van der Waals surface area (Å²) in [7, 11) is 0. The lowest BCUT2D eigenvalue weighted by Crippen LogP contribution is -2.42. The number of aromatic amines is 1. The number of nitrogens with one attached hydrogen (secondary N) is 2. The first-order chi connectivity index (χ1) is 10.3. The van der Waals surface area contributed by atoms with Gasteiger partial charge in [0.2, 0.25) is 0 Å². The third-order valence-corrected chi connectivity index (χ3v) is 5.34. The smallest absolute Gasteiger partial charge is 0.124 e. The largest absolute Gasteiger partial charge is 0.341 e. The maximum Gasteiger partial charge on any atom is 0.124 e. The molecule has 2 N–H and O–H groups in total. The Labute approximate surface area is 133 Å². The van der Waals surface area contributed by atoms with Crippen molar-refractivity contribution in [2.45, 2.75) is 37.8 Å². The van der Waals surface area contributed by atoms with Crippen LogP contribution < -0.4 is 5.32 Å². The zero-order chi connectivity index (χ0) is 14.2. The molecule has 0 radical (unpaired) electrons. The summed E-state index contributed by atoms with van der Waals surface area (Å²) in [4.78, 5) is 11.1. The van der Waals surface area contributed by atoms with Crippen LogP contribution in [-0.4, -0.2) is 40.5 Å². The molecule has 0 spiro atoms. The van der Waals surface area contributed by atoms with Crippen molar-refractivity contribution in [3.05, 3.63) is 28.5 Å². The Hall–Kier alpha value is -0.910. The highest BCUT2D eigenvalue weighted by Crippen LogP contribution is 2.35. The molecule has 112 valence electrons. The van der Waals surface area contributed by atoms with Crippen LogP contribution in [0.15, 0.2) is 22.7 Å². The number of fused-ring (bicyclic) bond motifs is 1. The van der Waals surface area contributed by atoms with Gasteiger partial charge in [-0.3, -0.25) is 4.90 Å². The van der Waals surface area contributed by atoms with Crippen LogP contribution in [0.5, 0.6) is 0 Å². The monoisotopic (exact) mass is 348 g/mol. The van der Waals surface area contributed by atoms with Crippen LogP contribution in [0.1, 0.15) is 37.5 Å². The number of nitrogens with zero attached hydrogens (tertiary/aromatic N) is 2. The highest BCUT2D eigenvalue weighted by Gasteiger charge is 2.34. The number of hydrogen-bond donors (Lipinski definition) is 2. The zero-order valence-electron chi connectivity index (χ0n) is 12.1. The predicted octanol–water partition coefficient (Wildman–Crippen LogP) is 3.21. The van der Waals surface area contributed by atoms with Crippen molar-refractivity contribution in [3.8, 4) is 0 Å². The zero-order valence-corrected chi connectivity index (χ0v) is 13.7. The second kappa shape index (κ2) is 5.71. The highest BCUT2D eigenvalue weighted by molar-refractivity contribution is 9.10. The first-order valence-corrected chi connectivity index (χ1v) is 8.72. The van der Waals surface area contributed by atoms with Gasteiger partial charge in [-0.05, 0) is 63.5 Å². The summed E-state index contributed by atoms with van der Waals surface area (Å²) in [5, 5.41) is 3.47. The van der Waals surface area contributed by atoms with Gasteiger partial charge >= 0.3 is 0 Å². The molecule has 1 aromatic heterocycles. The number of imidazole rings is 1. The second-order valence-corrected chi connectivity index (χ2v) is 7.08. The molecule has 2 aromatic rings. The third-order valence-electron chi connectivity index (χ3n) is 4.85. The van der Waals surface area contributed by atoms with Crippen LogP contribution >= 0.6 is 15.9 Å². The van der Waals surface area contributed by atoms with E-state index in [4.69, 9.17) is 4.98 Å². The Morgan fingerprint density at radius 2 is 2.05 bits per heavy atom. The Morgan fingerprint density at radius 1 is 1.19 bits per heavy atom. The SMILES string of the molecule is Brc1ccc2nc(C3CCCN3C3CCNCC3)[nH]c2c1. The van der Waals surface area contributed by atoms with Crippen LogP contribution in [0.4, 0.5) is 0 Å². The lowest BCUT2D eigenvalue weighted by Gasteiger charge is -2.35. The maximum absolute atomic E-state index is 4.85. The average molecular weight is 349 g/mol. The van der Waals surface area contributed by atoms with E-state index in [-0.39, 0.29) is 0 Å². The van der Waals surface area contributed by atoms with Gasteiger partial charge in [-0.25, -0.2) is 4.98 Å². The van der Waals surface area contributed by atoms with E-state index in [2.05, 4.69) is 49.3 Å². The number of piperidine rings is 1. The van der Waals surface area contributed by atoms with Crippen molar-refractivity contribution in [1.29, 1.82) is 0 Å². The number of rotatable bonds is 2. The summed E-state index contributed by atoms with van der Waals surface area (Å²) < 4.78 is 1.10. The molecule has 1 aromatic carbocycles. The lowest BCUT2D eigenvalue weighted by atomic mass is 10.0. The fourth-order valence-electron chi connectivity index (χ4n) is 3.82. The van der Waals surface area contributed by atoms with Crippen molar-refractivity contribution in [1.82, 2.24) is 20.2 Å². The Bertz CT molecular complexity index is 632. The average Bonchev–Trinajstić information content (AvgIpc) is 3.13. The Kier molecular flexibility index (Phi) is 3.73.